The summed E-state index contributed by atoms with van der Waals surface area (Å²) in [7, 11) is 0. The number of hydrogen-bond donors (Lipinski definition) is 2. The van der Waals surface area contributed by atoms with Crippen molar-refractivity contribution in [1.29, 1.82) is 0 Å². The van der Waals surface area contributed by atoms with Gasteiger partial charge in [-0.3, -0.25) is 9.88 Å². The van der Waals surface area contributed by atoms with Crippen LogP contribution in [0.4, 0.5) is 0 Å². The zero-order chi connectivity index (χ0) is 15.7. The lowest BCUT2D eigenvalue weighted by molar-refractivity contribution is -0.0616. The van der Waals surface area contributed by atoms with Crippen molar-refractivity contribution in [3.05, 3.63) is 40.7 Å². The molecular weight excluding hydrogens is 302 g/mol. The fourth-order valence-electron chi connectivity index (χ4n) is 2.73. The molecule has 118 valence electrons. The van der Waals surface area contributed by atoms with E-state index < -0.39 is 6.23 Å². The van der Waals surface area contributed by atoms with Crippen molar-refractivity contribution in [3.8, 4) is 0 Å². The van der Waals surface area contributed by atoms with Crippen LogP contribution in [0.3, 0.4) is 0 Å². The van der Waals surface area contributed by atoms with E-state index in [9.17, 15) is 5.11 Å². The van der Waals surface area contributed by atoms with Crippen LogP contribution in [0.2, 0.25) is 5.02 Å². The molecule has 1 aromatic carbocycles. The summed E-state index contributed by atoms with van der Waals surface area (Å²) in [6.45, 7) is 4.42. The second-order valence-electron chi connectivity index (χ2n) is 5.58. The van der Waals surface area contributed by atoms with Gasteiger partial charge in [0.05, 0.1) is 29.6 Å². The molecule has 1 aliphatic heterocycles. The molecule has 2 atom stereocenters. The van der Waals surface area contributed by atoms with Gasteiger partial charge in [-0.05, 0) is 24.4 Å². The summed E-state index contributed by atoms with van der Waals surface area (Å²) in [5.74, 6) is 0. The first-order valence-electron chi connectivity index (χ1n) is 7.42. The number of benzene rings is 1. The Morgan fingerprint density at radius 1 is 1.36 bits per heavy atom. The fourth-order valence-corrected chi connectivity index (χ4v) is 3.01. The number of hydrogen-bond acceptors (Lipinski definition) is 5. The molecule has 0 spiro atoms. The Balaban J connectivity index is 2.12. The van der Waals surface area contributed by atoms with Crippen molar-refractivity contribution in [3.63, 3.8) is 0 Å². The Kier molecular flexibility index (Phi) is 4.61. The van der Waals surface area contributed by atoms with Gasteiger partial charge in [-0.2, -0.15) is 0 Å². The zero-order valence-corrected chi connectivity index (χ0v) is 13.3. The highest BCUT2D eigenvalue weighted by Crippen LogP contribution is 2.32. The topological polar surface area (TPSA) is 71.6 Å². The Bertz CT molecular complexity index is 672. The van der Waals surface area contributed by atoms with Crippen molar-refractivity contribution in [2.75, 3.05) is 26.3 Å². The summed E-state index contributed by atoms with van der Waals surface area (Å²) < 4.78 is 5.34. The molecule has 22 heavy (non-hydrogen) atoms. The molecule has 3 N–H and O–H groups in total. The Hall–Kier alpha value is -1.24. The minimum absolute atomic E-state index is 0.209. The van der Waals surface area contributed by atoms with Crippen LogP contribution in [0.5, 0.6) is 0 Å². The summed E-state index contributed by atoms with van der Waals surface area (Å²) in [4.78, 5) is 6.54. The number of morpholine rings is 1. The van der Waals surface area contributed by atoms with Gasteiger partial charge in [0.15, 0.2) is 6.23 Å². The van der Waals surface area contributed by atoms with Crippen molar-refractivity contribution in [2.45, 2.75) is 19.2 Å². The van der Waals surface area contributed by atoms with Gasteiger partial charge in [-0.1, -0.05) is 23.7 Å². The standard InChI is InChI=1S/C16H20ClN3O2/c1-10(18)13-9-11-3-2-4-12(17)14(11)15(19-13)16(21)20-5-7-22-8-6-20/h2-4,9-10,16,21H,5-8,18H2,1H3. The number of nitrogens with two attached hydrogens (primary N) is 1. The highest BCUT2D eigenvalue weighted by molar-refractivity contribution is 6.35. The number of rotatable bonds is 3. The first kappa shape index (κ1) is 15.6. The molecule has 3 rings (SSSR count). The van der Waals surface area contributed by atoms with Gasteiger partial charge in [0.25, 0.3) is 0 Å². The predicted molar refractivity (Wildman–Crippen MR) is 86.7 cm³/mol. The van der Waals surface area contributed by atoms with Crippen LogP contribution in [0.25, 0.3) is 10.8 Å². The van der Waals surface area contributed by atoms with E-state index in [-0.39, 0.29) is 6.04 Å². The first-order valence-corrected chi connectivity index (χ1v) is 7.80. The van der Waals surface area contributed by atoms with E-state index in [0.717, 1.165) is 16.5 Å². The molecular formula is C16H20ClN3O2. The number of pyridine rings is 1. The van der Waals surface area contributed by atoms with Crippen molar-refractivity contribution in [1.82, 2.24) is 9.88 Å². The van der Waals surface area contributed by atoms with Gasteiger partial charge in [0, 0.05) is 24.5 Å². The molecule has 2 heterocycles. The molecule has 1 aromatic heterocycles. The number of aromatic nitrogens is 1. The SMILES string of the molecule is CC(N)c1cc2cccc(Cl)c2c(C(O)N2CCOCC2)n1. The highest BCUT2D eigenvalue weighted by Gasteiger charge is 2.25. The highest BCUT2D eigenvalue weighted by atomic mass is 35.5. The van der Waals surface area contributed by atoms with Gasteiger partial charge in [-0.25, -0.2) is 0 Å². The van der Waals surface area contributed by atoms with Crippen LogP contribution >= 0.6 is 11.6 Å². The monoisotopic (exact) mass is 321 g/mol. The van der Waals surface area contributed by atoms with Gasteiger partial charge in [0.2, 0.25) is 0 Å². The molecule has 1 saturated heterocycles. The lowest BCUT2D eigenvalue weighted by Crippen LogP contribution is -2.39. The smallest absolute Gasteiger partial charge is 0.151 e. The third-order valence-corrected chi connectivity index (χ3v) is 4.27. The summed E-state index contributed by atoms with van der Waals surface area (Å²) in [6.07, 6.45) is -0.815. The van der Waals surface area contributed by atoms with Crippen LogP contribution in [-0.4, -0.2) is 41.3 Å². The van der Waals surface area contributed by atoms with Crippen molar-refractivity contribution >= 4 is 22.4 Å². The van der Waals surface area contributed by atoms with E-state index in [0.29, 0.717) is 37.0 Å². The van der Waals surface area contributed by atoms with E-state index in [1.165, 1.54) is 0 Å². The average Bonchev–Trinajstić information content (AvgIpc) is 2.54. The average molecular weight is 322 g/mol. The van der Waals surface area contributed by atoms with Crippen LogP contribution in [-0.2, 0) is 4.74 Å². The van der Waals surface area contributed by atoms with E-state index in [1.807, 2.05) is 36.1 Å². The molecule has 0 aliphatic carbocycles. The maximum atomic E-state index is 10.8. The number of aliphatic hydroxyl groups excluding tert-OH is 1. The van der Waals surface area contributed by atoms with Gasteiger partial charge in [0.1, 0.15) is 0 Å². The summed E-state index contributed by atoms with van der Waals surface area (Å²) in [5, 5.41) is 13.1. The molecule has 0 radical (unpaired) electrons. The van der Waals surface area contributed by atoms with Crippen LogP contribution in [0.1, 0.15) is 30.6 Å². The van der Waals surface area contributed by atoms with Gasteiger partial charge < -0.3 is 15.6 Å². The minimum Gasteiger partial charge on any atom is -0.379 e. The Morgan fingerprint density at radius 2 is 2.09 bits per heavy atom. The number of ether oxygens (including phenoxy) is 1. The van der Waals surface area contributed by atoms with E-state index in [1.54, 1.807) is 0 Å². The van der Waals surface area contributed by atoms with Crippen LogP contribution in [0, 0.1) is 0 Å². The lowest BCUT2D eigenvalue weighted by atomic mass is 10.0. The Labute approximate surface area is 134 Å². The third-order valence-electron chi connectivity index (χ3n) is 3.96. The maximum Gasteiger partial charge on any atom is 0.151 e. The summed E-state index contributed by atoms with van der Waals surface area (Å²) in [6, 6.07) is 7.39. The molecule has 5 nitrogen and oxygen atoms in total. The second kappa shape index (κ2) is 6.48. The zero-order valence-electron chi connectivity index (χ0n) is 12.5. The molecule has 0 amide bonds. The van der Waals surface area contributed by atoms with Crippen molar-refractivity contribution in [2.24, 2.45) is 5.73 Å². The molecule has 6 heteroatoms. The number of fused-ring (bicyclic) bond motifs is 1. The number of nitrogens with zero attached hydrogens (tertiary/aromatic N) is 2. The molecule has 2 aromatic rings. The normalized spacial score (nSPS) is 19.3. The lowest BCUT2D eigenvalue weighted by Gasteiger charge is -2.31. The molecule has 0 saturated carbocycles. The molecule has 0 bridgehead atoms. The molecule has 1 aliphatic rings. The second-order valence-corrected chi connectivity index (χ2v) is 5.99. The molecule has 2 unspecified atom stereocenters. The predicted octanol–water partition coefficient (Wildman–Crippen LogP) is 2.23. The summed E-state index contributed by atoms with van der Waals surface area (Å²) in [5.41, 5.74) is 7.29. The Morgan fingerprint density at radius 3 is 2.77 bits per heavy atom. The van der Waals surface area contributed by atoms with Gasteiger partial charge in [-0.15, -0.1) is 0 Å². The fraction of sp³-hybridized carbons (Fsp3) is 0.438. The molecule has 1 fully saturated rings. The van der Waals surface area contributed by atoms with E-state index in [4.69, 9.17) is 22.1 Å². The maximum absolute atomic E-state index is 10.8. The minimum atomic E-state index is -0.815. The quantitative estimate of drug-likeness (QED) is 0.907. The van der Waals surface area contributed by atoms with E-state index >= 15 is 0 Å². The third kappa shape index (κ3) is 2.95. The number of aliphatic hydroxyl groups is 1. The van der Waals surface area contributed by atoms with E-state index in [2.05, 4.69) is 4.98 Å². The first-order chi connectivity index (χ1) is 10.6. The summed E-state index contributed by atoms with van der Waals surface area (Å²) >= 11 is 6.35. The van der Waals surface area contributed by atoms with Gasteiger partial charge >= 0.3 is 0 Å². The number of halogens is 1. The largest absolute Gasteiger partial charge is 0.379 e. The van der Waals surface area contributed by atoms with Crippen molar-refractivity contribution < 1.29 is 9.84 Å². The van der Waals surface area contributed by atoms with Crippen LogP contribution in [0.15, 0.2) is 24.3 Å². The van der Waals surface area contributed by atoms with Crippen LogP contribution < -0.4 is 5.73 Å².